The highest BCUT2D eigenvalue weighted by molar-refractivity contribution is 7.99. The van der Waals surface area contributed by atoms with Gasteiger partial charge in [-0.25, -0.2) is 4.79 Å². The summed E-state index contributed by atoms with van der Waals surface area (Å²) in [5.74, 6) is 0.714. The molecule has 0 atom stereocenters. The van der Waals surface area contributed by atoms with Gasteiger partial charge in [0.15, 0.2) is 5.96 Å². The number of guanidine groups is 1. The Morgan fingerprint density at radius 1 is 1.04 bits per heavy atom. The van der Waals surface area contributed by atoms with Gasteiger partial charge in [0.1, 0.15) is 5.60 Å². The van der Waals surface area contributed by atoms with E-state index in [1.807, 2.05) is 34.6 Å². The molecule has 136 valence electrons. The zero-order chi connectivity index (χ0) is 18.3. The lowest BCUT2D eigenvalue weighted by atomic mass is 10.1. The number of carbonyl (C=O) groups is 1. The molecule has 7 heteroatoms. The van der Waals surface area contributed by atoms with Crippen LogP contribution in [0.15, 0.2) is 4.99 Å². The number of ether oxygens (including phenoxy) is 1. The third-order valence-corrected chi connectivity index (χ3v) is 4.24. The van der Waals surface area contributed by atoms with Gasteiger partial charge in [-0.15, -0.1) is 0 Å². The second kappa shape index (κ2) is 8.66. The molecule has 23 heavy (non-hydrogen) atoms. The Labute approximate surface area is 145 Å². The van der Waals surface area contributed by atoms with Crippen LogP contribution in [0.5, 0.6) is 0 Å². The van der Waals surface area contributed by atoms with Crippen molar-refractivity contribution in [3.63, 3.8) is 0 Å². The summed E-state index contributed by atoms with van der Waals surface area (Å²) in [5.41, 5.74) is -0.969. The summed E-state index contributed by atoms with van der Waals surface area (Å²) in [6.07, 6.45) is 1.67. The van der Waals surface area contributed by atoms with Crippen LogP contribution < -0.4 is 16.0 Å². The van der Waals surface area contributed by atoms with Gasteiger partial charge in [0.05, 0.1) is 5.54 Å². The lowest BCUT2D eigenvalue weighted by Gasteiger charge is -2.30. The first-order valence-corrected chi connectivity index (χ1v) is 9.03. The summed E-state index contributed by atoms with van der Waals surface area (Å²) >= 11 is 1.80. The van der Waals surface area contributed by atoms with E-state index in [-0.39, 0.29) is 4.75 Å². The molecule has 1 amide bonds. The summed E-state index contributed by atoms with van der Waals surface area (Å²) in [5, 5.41) is 9.40. The van der Waals surface area contributed by atoms with Crippen molar-refractivity contribution >= 4 is 23.8 Å². The molecule has 0 fully saturated rings. The first-order valence-electron chi connectivity index (χ1n) is 7.81. The fourth-order valence-electron chi connectivity index (χ4n) is 1.52. The maximum atomic E-state index is 11.9. The summed E-state index contributed by atoms with van der Waals surface area (Å²) in [4.78, 5) is 16.1. The minimum atomic E-state index is -0.505. The molecule has 3 N–H and O–H groups in total. The van der Waals surface area contributed by atoms with Gasteiger partial charge in [-0.2, -0.15) is 11.8 Å². The molecule has 0 aromatic heterocycles. The minimum absolute atomic E-state index is 0.127. The average Bonchev–Trinajstić information content (AvgIpc) is 2.35. The summed E-state index contributed by atoms with van der Waals surface area (Å²) < 4.78 is 5.41. The Morgan fingerprint density at radius 2 is 1.57 bits per heavy atom. The van der Waals surface area contributed by atoms with Gasteiger partial charge in [-0.3, -0.25) is 4.99 Å². The predicted octanol–water partition coefficient (Wildman–Crippen LogP) is 2.60. The van der Waals surface area contributed by atoms with Crippen molar-refractivity contribution in [2.24, 2.45) is 4.99 Å². The van der Waals surface area contributed by atoms with Crippen LogP contribution in [0.4, 0.5) is 4.79 Å². The Morgan fingerprint density at radius 3 is 2.00 bits per heavy atom. The van der Waals surface area contributed by atoms with Crippen molar-refractivity contribution in [2.75, 3.05) is 26.4 Å². The van der Waals surface area contributed by atoms with Gasteiger partial charge >= 0.3 is 6.09 Å². The maximum absolute atomic E-state index is 11.9. The van der Waals surface area contributed by atoms with Gasteiger partial charge in [0, 0.05) is 24.9 Å². The number of hydrogen-bond donors (Lipinski definition) is 3. The van der Waals surface area contributed by atoms with Crippen LogP contribution in [-0.2, 0) is 4.74 Å². The van der Waals surface area contributed by atoms with Crippen LogP contribution in [0.1, 0.15) is 48.5 Å². The molecule has 0 aliphatic rings. The third kappa shape index (κ3) is 11.1. The molecule has 0 bridgehead atoms. The Hall–Kier alpha value is -1.11. The van der Waals surface area contributed by atoms with E-state index in [1.165, 1.54) is 0 Å². The van der Waals surface area contributed by atoms with Crippen molar-refractivity contribution in [1.82, 2.24) is 16.0 Å². The number of nitrogens with one attached hydrogen (secondary N) is 3. The zero-order valence-electron chi connectivity index (χ0n) is 16.1. The minimum Gasteiger partial charge on any atom is -0.444 e. The third-order valence-electron chi connectivity index (χ3n) is 2.99. The summed E-state index contributed by atoms with van der Waals surface area (Å²) in [6.45, 7) is 15.1. The normalized spacial score (nSPS) is 13.5. The van der Waals surface area contributed by atoms with Crippen LogP contribution in [-0.4, -0.2) is 54.3 Å². The van der Waals surface area contributed by atoms with E-state index in [1.54, 1.807) is 18.8 Å². The van der Waals surface area contributed by atoms with Gasteiger partial charge in [-0.05, 0) is 54.7 Å². The number of nitrogens with zero attached hydrogens (tertiary/aromatic N) is 1. The Balaban J connectivity index is 4.42. The van der Waals surface area contributed by atoms with E-state index in [4.69, 9.17) is 4.74 Å². The van der Waals surface area contributed by atoms with E-state index in [0.717, 1.165) is 6.54 Å². The molecule has 0 spiro atoms. The molecule has 0 unspecified atom stereocenters. The Kier molecular flexibility index (Phi) is 8.24. The number of hydrogen-bond acceptors (Lipinski definition) is 4. The fourth-order valence-corrected chi connectivity index (χ4v) is 1.73. The van der Waals surface area contributed by atoms with Crippen LogP contribution in [0.25, 0.3) is 0 Å². The monoisotopic (exact) mass is 346 g/mol. The molecule has 0 aliphatic carbocycles. The molecule has 0 radical (unpaired) electrons. The number of rotatable bonds is 6. The van der Waals surface area contributed by atoms with E-state index >= 15 is 0 Å². The molecule has 0 aliphatic heterocycles. The van der Waals surface area contributed by atoms with E-state index in [9.17, 15) is 4.79 Å². The lowest BCUT2D eigenvalue weighted by Crippen LogP contribution is -2.54. The van der Waals surface area contributed by atoms with Gasteiger partial charge in [-0.1, -0.05) is 0 Å². The predicted molar refractivity (Wildman–Crippen MR) is 100 cm³/mol. The summed E-state index contributed by atoms with van der Waals surface area (Å²) in [7, 11) is 1.73. The first-order chi connectivity index (χ1) is 10.3. The van der Waals surface area contributed by atoms with E-state index < -0.39 is 17.2 Å². The SMILES string of the molecule is CN=C(NCC(C)(C)NC(=O)OC(C)(C)C)NCC(C)(C)SC. The topological polar surface area (TPSA) is 74.8 Å². The van der Waals surface area contributed by atoms with Gasteiger partial charge < -0.3 is 20.7 Å². The van der Waals surface area contributed by atoms with Crippen molar-refractivity contribution in [3.05, 3.63) is 0 Å². The smallest absolute Gasteiger partial charge is 0.408 e. The number of alkyl carbamates (subject to hydrolysis) is 1. The van der Waals surface area contributed by atoms with Crippen molar-refractivity contribution in [2.45, 2.75) is 64.4 Å². The van der Waals surface area contributed by atoms with E-state index in [2.05, 4.69) is 41.0 Å². The number of aliphatic imine (C=N–C) groups is 1. The van der Waals surface area contributed by atoms with Crippen molar-refractivity contribution < 1.29 is 9.53 Å². The molecular weight excluding hydrogens is 312 g/mol. The van der Waals surface area contributed by atoms with Crippen molar-refractivity contribution in [1.29, 1.82) is 0 Å². The fraction of sp³-hybridized carbons (Fsp3) is 0.875. The quantitative estimate of drug-likeness (QED) is 0.509. The average molecular weight is 347 g/mol. The molecule has 0 rings (SSSR count). The second-order valence-corrected chi connectivity index (χ2v) is 9.27. The molecule has 0 saturated carbocycles. The molecular formula is C16H34N4O2S. The largest absolute Gasteiger partial charge is 0.444 e. The van der Waals surface area contributed by atoms with E-state index in [0.29, 0.717) is 12.5 Å². The van der Waals surface area contributed by atoms with Gasteiger partial charge in [0.25, 0.3) is 0 Å². The zero-order valence-corrected chi connectivity index (χ0v) is 16.9. The number of amides is 1. The highest BCUT2D eigenvalue weighted by Crippen LogP contribution is 2.19. The van der Waals surface area contributed by atoms with Crippen molar-refractivity contribution in [3.8, 4) is 0 Å². The second-order valence-electron chi connectivity index (χ2n) is 7.75. The summed E-state index contributed by atoms with van der Waals surface area (Å²) in [6, 6.07) is 0. The number of carbonyl (C=O) groups excluding carboxylic acids is 1. The Bertz CT molecular complexity index is 415. The lowest BCUT2D eigenvalue weighted by molar-refractivity contribution is 0.0474. The number of thioether (sulfide) groups is 1. The van der Waals surface area contributed by atoms with Crippen LogP contribution in [0.2, 0.25) is 0 Å². The molecule has 0 heterocycles. The van der Waals surface area contributed by atoms with Crippen LogP contribution in [0.3, 0.4) is 0 Å². The molecule has 0 aromatic rings. The molecule has 0 aromatic carbocycles. The first kappa shape index (κ1) is 21.9. The maximum Gasteiger partial charge on any atom is 0.408 e. The van der Waals surface area contributed by atoms with Crippen LogP contribution in [0, 0.1) is 0 Å². The highest BCUT2D eigenvalue weighted by atomic mass is 32.2. The van der Waals surface area contributed by atoms with Gasteiger partial charge in [0.2, 0.25) is 0 Å². The molecule has 0 saturated heterocycles. The highest BCUT2D eigenvalue weighted by Gasteiger charge is 2.25. The van der Waals surface area contributed by atoms with Crippen LogP contribution >= 0.6 is 11.8 Å². The molecule has 6 nitrogen and oxygen atoms in total. The standard InChI is InChI=1S/C16H34N4O2S/c1-14(2,3)22-13(21)20-15(4,5)10-18-12(17-8)19-11-16(6,7)23-9/h10-11H2,1-9H3,(H,20,21)(H2,17,18,19).